The Labute approximate surface area is 112 Å². The lowest BCUT2D eigenvalue weighted by Crippen LogP contribution is -2.36. The number of aliphatic hydroxyl groups is 1. The molecule has 108 valence electrons. The third kappa shape index (κ3) is 5.98. The van der Waals surface area contributed by atoms with E-state index in [1.165, 1.54) is 12.1 Å². The van der Waals surface area contributed by atoms with Crippen molar-refractivity contribution in [1.82, 2.24) is 5.32 Å². The van der Waals surface area contributed by atoms with Gasteiger partial charge < -0.3 is 15.2 Å². The highest BCUT2D eigenvalue weighted by Gasteiger charge is 2.21. The predicted molar refractivity (Wildman–Crippen MR) is 70.2 cm³/mol. The second kappa shape index (κ2) is 6.82. The first-order valence-electron chi connectivity index (χ1n) is 6.21. The third-order valence-electron chi connectivity index (χ3n) is 2.82. The van der Waals surface area contributed by atoms with E-state index in [9.17, 15) is 13.9 Å². The molecule has 0 aliphatic rings. The van der Waals surface area contributed by atoms with Gasteiger partial charge >= 0.3 is 6.61 Å². The first kappa shape index (κ1) is 15.9. The van der Waals surface area contributed by atoms with E-state index in [0.717, 1.165) is 5.56 Å². The van der Waals surface area contributed by atoms with Crippen LogP contribution in [0.25, 0.3) is 0 Å². The van der Waals surface area contributed by atoms with Crippen molar-refractivity contribution in [2.75, 3.05) is 6.54 Å². The fourth-order valence-electron chi connectivity index (χ4n) is 1.45. The molecular formula is C14H21F2NO2. The lowest BCUT2D eigenvalue weighted by atomic mass is 9.89. The molecule has 0 spiro atoms. The second-order valence-corrected chi connectivity index (χ2v) is 5.54. The van der Waals surface area contributed by atoms with E-state index in [2.05, 4.69) is 10.1 Å². The molecule has 1 aromatic carbocycles. The molecule has 0 amide bonds. The minimum absolute atomic E-state index is 0.147. The molecule has 0 aromatic heterocycles. The maximum atomic E-state index is 12.0. The number of benzene rings is 1. The first-order chi connectivity index (χ1) is 8.79. The van der Waals surface area contributed by atoms with Crippen LogP contribution < -0.4 is 10.1 Å². The number of aliphatic hydroxyl groups excluding tert-OH is 1. The van der Waals surface area contributed by atoms with E-state index in [-0.39, 0.29) is 11.2 Å². The number of nitrogens with one attached hydrogen (secondary N) is 1. The molecule has 0 saturated heterocycles. The molecule has 0 heterocycles. The van der Waals surface area contributed by atoms with Crippen molar-refractivity contribution >= 4 is 0 Å². The molecule has 19 heavy (non-hydrogen) atoms. The highest BCUT2D eigenvalue weighted by atomic mass is 19.3. The summed E-state index contributed by atoms with van der Waals surface area (Å²) in [4.78, 5) is 0. The van der Waals surface area contributed by atoms with Gasteiger partial charge in [0.15, 0.2) is 0 Å². The van der Waals surface area contributed by atoms with Gasteiger partial charge in [0.1, 0.15) is 5.75 Å². The van der Waals surface area contributed by atoms with Crippen molar-refractivity contribution in [2.45, 2.75) is 40.0 Å². The Balaban J connectivity index is 2.38. The van der Waals surface area contributed by atoms with Crippen LogP contribution in [0, 0.1) is 5.41 Å². The van der Waals surface area contributed by atoms with Crippen LogP contribution in [0.1, 0.15) is 26.3 Å². The number of ether oxygens (including phenoxy) is 1. The van der Waals surface area contributed by atoms with Gasteiger partial charge in [0.2, 0.25) is 0 Å². The molecule has 0 saturated carbocycles. The lowest BCUT2D eigenvalue weighted by molar-refractivity contribution is -0.0498. The van der Waals surface area contributed by atoms with Gasteiger partial charge in [-0.25, -0.2) is 0 Å². The zero-order chi connectivity index (χ0) is 14.5. The molecule has 0 radical (unpaired) electrons. The van der Waals surface area contributed by atoms with E-state index < -0.39 is 12.7 Å². The Morgan fingerprint density at radius 1 is 1.21 bits per heavy atom. The van der Waals surface area contributed by atoms with Gasteiger partial charge in [0.05, 0.1) is 6.10 Å². The first-order valence-corrected chi connectivity index (χ1v) is 6.21. The zero-order valence-corrected chi connectivity index (χ0v) is 11.5. The molecule has 1 atom stereocenters. The topological polar surface area (TPSA) is 41.5 Å². The summed E-state index contributed by atoms with van der Waals surface area (Å²) in [7, 11) is 0. The average Bonchev–Trinajstić information content (AvgIpc) is 2.29. The van der Waals surface area contributed by atoms with Gasteiger partial charge in [-0.2, -0.15) is 8.78 Å². The van der Waals surface area contributed by atoms with E-state index in [4.69, 9.17) is 0 Å². The Kier molecular flexibility index (Phi) is 5.69. The maximum absolute atomic E-state index is 12.0. The predicted octanol–water partition coefficient (Wildman–Crippen LogP) is 2.78. The molecule has 0 bridgehead atoms. The Morgan fingerprint density at radius 3 is 2.26 bits per heavy atom. The summed E-state index contributed by atoms with van der Waals surface area (Å²) in [6.45, 7) is 4.16. The summed E-state index contributed by atoms with van der Waals surface area (Å²) in [5, 5.41) is 13.0. The summed E-state index contributed by atoms with van der Waals surface area (Å²) >= 11 is 0. The van der Waals surface area contributed by atoms with Crippen LogP contribution in [-0.4, -0.2) is 24.4 Å². The van der Waals surface area contributed by atoms with Crippen LogP contribution >= 0.6 is 0 Å². The number of hydrogen-bond acceptors (Lipinski definition) is 3. The Hall–Kier alpha value is -1.20. The molecule has 0 aliphatic carbocycles. The van der Waals surface area contributed by atoms with Crippen molar-refractivity contribution in [1.29, 1.82) is 0 Å². The second-order valence-electron chi connectivity index (χ2n) is 5.54. The SMILES string of the molecule is CC(C)(C)C(O)CNCc1ccc(OC(F)F)cc1. The van der Waals surface area contributed by atoms with Crippen molar-refractivity contribution < 1.29 is 18.6 Å². The van der Waals surface area contributed by atoms with Gasteiger partial charge in [0.25, 0.3) is 0 Å². The monoisotopic (exact) mass is 273 g/mol. The Bertz CT molecular complexity index is 374. The molecular weight excluding hydrogens is 252 g/mol. The van der Waals surface area contributed by atoms with Crippen LogP contribution in [0.4, 0.5) is 8.78 Å². The summed E-state index contributed by atoms with van der Waals surface area (Å²) in [6.07, 6.45) is -0.436. The zero-order valence-electron chi connectivity index (χ0n) is 11.5. The molecule has 1 aromatic rings. The quantitative estimate of drug-likeness (QED) is 0.837. The van der Waals surface area contributed by atoms with Gasteiger partial charge in [-0.1, -0.05) is 32.9 Å². The van der Waals surface area contributed by atoms with Crippen LogP contribution in [0.3, 0.4) is 0 Å². The minimum Gasteiger partial charge on any atom is -0.435 e. The van der Waals surface area contributed by atoms with Crippen molar-refractivity contribution in [3.05, 3.63) is 29.8 Å². The summed E-state index contributed by atoms with van der Waals surface area (Å²) in [5.41, 5.74) is 0.782. The molecule has 0 fully saturated rings. The van der Waals surface area contributed by atoms with E-state index in [1.807, 2.05) is 20.8 Å². The van der Waals surface area contributed by atoms with Crippen molar-refractivity contribution in [3.63, 3.8) is 0 Å². The number of halogens is 2. The van der Waals surface area contributed by atoms with Crippen LogP contribution in [-0.2, 0) is 6.54 Å². The average molecular weight is 273 g/mol. The fourth-order valence-corrected chi connectivity index (χ4v) is 1.45. The van der Waals surface area contributed by atoms with Crippen molar-refractivity contribution in [2.24, 2.45) is 5.41 Å². The molecule has 2 N–H and O–H groups in total. The van der Waals surface area contributed by atoms with E-state index >= 15 is 0 Å². The minimum atomic E-state index is -2.80. The van der Waals surface area contributed by atoms with Crippen LogP contribution in [0.2, 0.25) is 0 Å². The lowest BCUT2D eigenvalue weighted by Gasteiger charge is -2.26. The molecule has 3 nitrogen and oxygen atoms in total. The van der Waals surface area contributed by atoms with Crippen LogP contribution in [0.15, 0.2) is 24.3 Å². The summed E-state index contributed by atoms with van der Waals surface area (Å²) < 4.78 is 28.2. The van der Waals surface area contributed by atoms with E-state index in [0.29, 0.717) is 13.1 Å². The van der Waals surface area contributed by atoms with E-state index in [1.54, 1.807) is 12.1 Å². The molecule has 5 heteroatoms. The smallest absolute Gasteiger partial charge is 0.387 e. The highest BCUT2D eigenvalue weighted by molar-refractivity contribution is 5.27. The number of hydrogen-bond donors (Lipinski definition) is 2. The normalized spacial score (nSPS) is 13.6. The number of alkyl halides is 2. The van der Waals surface area contributed by atoms with Crippen molar-refractivity contribution in [3.8, 4) is 5.75 Å². The highest BCUT2D eigenvalue weighted by Crippen LogP contribution is 2.18. The Morgan fingerprint density at radius 2 is 1.79 bits per heavy atom. The van der Waals surface area contributed by atoms with Gasteiger partial charge in [-0.05, 0) is 23.1 Å². The van der Waals surface area contributed by atoms with Gasteiger partial charge in [-0.15, -0.1) is 0 Å². The fraction of sp³-hybridized carbons (Fsp3) is 0.571. The standard InChI is InChI=1S/C14H21F2NO2/c1-14(2,3)12(18)9-17-8-10-4-6-11(7-5-10)19-13(15)16/h4-7,12-13,17-18H,8-9H2,1-3H3. The molecule has 1 rings (SSSR count). The third-order valence-corrected chi connectivity index (χ3v) is 2.82. The summed E-state index contributed by atoms with van der Waals surface area (Å²) in [5.74, 6) is 0.147. The van der Waals surface area contributed by atoms with Gasteiger partial charge in [0, 0.05) is 13.1 Å². The molecule has 0 aliphatic heterocycles. The summed E-state index contributed by atoms with van der Waals surface area (Å²) in [6, 6.07) is 6.44. The van der Waals surface area contributed by atoms with Crippen LogP contribution in [0.5, 0.6) is 5.75 Å². The largest absolute Gasteiger partial charge is 0.435 e. The molecule has 1 unspecified atom stereocenters. The van der Waals surface area contributed by atoms with Gasteiger partial charge in [-0.3, -0.25) is 0 Å². The maximum Gasteiger partial charge on any atom is 0.387 e. The number of rotatable bonds is 6.